The Morgan fingerprint density at radius 3 is 1.04 bits per heavy atom. The Hall–Kier alpha value is -4.62. The van der Waals surface area contributed by atoms with Crippen molar-refractivity contribution in [1.29, 1.82) is 0 Å². The molecule has 0 aromatic heterocycles. The molecule has 0 unspecified atom stereocenters. The molecule has 14 heteroatoms. The van der Waals surface area contributed by atoms with Gasteiger partial charge in [-0.15, -0.1) is 0 Å². The highest BCUT2D eigenvalue weighted by Gasteiger charge is 2.34. The van der Waals surface area contributed by atoms with Crippen LogP contribution < -0.4 is 21.3 Å². The highest BCUT2D eigenvalue weighted by Crippen LogP contribution is 2.35. The fourth-order valence-corrected chi connectivity index (χ4v) is 5.93. The molecule has 0 bridgehead atoms. The van der Waals surface area contributed by atoms with Crippen molar-refractivity contribution in [1.82, 2.24) is 21.3 Å². The second kappa shape index (κ2) is 20.0. The molecular formula is C35H52N4O10. The monoisotopic (exact) mass is 688 g/mol. The van der Waals surface area contributed by atoms with Gasteiger partial charge in [0, 0.05) is 36.4 Å². The molecule has 2 fully saturated rings. The van der Waals surface area contributed by atoms with Crippen molar-refractivity contribution in [2.45, 2.75) is 94.8 Å². The van der Waals surface area contributed by atoms with Crippen LogP contribution in [0.5, 0.6) is 0 Å². The van der Waals surface area contributed by atoms with Gasteiger partial charge in [0.2, 0.25) is 0 Å². The summed E-state index contributed by atoms with van der Waals surface area (Å²) < 4.78 is 20.4. The lowest BCUT2D eigenvalue weighted by atomic mass is 9.75. The maximum absolute atomic E-state index is 12.9. The van der Waals surface area contributed by atoms with E-state index in [0.717, 1.165) is 82.1 Å². The van der Waals surface area contributed by atoms with E-state index >= 15 is 0 Å². The zero-order chi connectivity index (χ0) is 36.5. The molecule has 49 heavy (non-hydrogen) atoms. The SMILES string of the molecule is C=CC(=O)OCC(C)(COC(=O)C=C)NC(=O)NC1CCC(CC2CCC(NC(=O)NC(C)(COC(=O)C=C)COC(=O)C=C)CC2)CC1. The first-order valence-corrected chi connectivity index (χ1v) is 16.6. The molecule has 14 nitrogen and oxygen atoms in total. The molecule has 2 aliphatic rings. The molecule has 0 aliphatic heterocycles. The van der Waals surface area contributed by atoms with Crippen molar-refractivity contribution in [3.05, 3.63) is 50.6 Å². The largest absolute Gasteiger partial charge is 0.460 e. The quantitative estimate of drug-likeness (QED) is 0.0943. The van der Waals surface area contributed by atoms with E-state index in [-0.39, 0.29) is 38.5 Å². The van der Waals surface area contributed by atoms with Crippen LogP contribution in [0.15, 0.2) is 50.6 Å². The molecule has 0 atom stereocenters. The van der Waals surface area contributed by atoms with Crippen molar-refractivity contribution in [3.8, 4) is 0 Å². The Balaban J connectivity index is 1.77. The van der Waals surface area contributed by atoms with E-state index in [1.54, 1.807) is 13.8 Å². The normalized spacial score (nSPS) is 20.6. The second-order valence-corrected chi connectivity index (χ2v) is 13.2. The number of ether oxygens (including phenoxy) is 4. The van der Waals surface area contributed by atoms with Crippen LogP contribution in [0.2, 0.25) is 0 Å². The van der Waals surface area contributed by atoms with E-state index in [1.807, 2.05) is 0 Å². The number of urea groups is 2. The van der Waals surface area contributed by atoms with Gasteiger partial charge >= 0.3 is 35.9 Å². The number of nitrogens with one attached hydrogen (secondary N) is 4. The summed E-state index contributed by atoms with van der Waals surface area (Å²) in [7, 11) is 0. The minimum absolute atomic E-state index is 0.0170. The van der Waals surface area contributed by atoms with Gasteiger partial charge in [0.25, 0.3) is 0 Å². The summed E-state index contributed by atoms with van der Waals surface area (Å²) in [5.74, 6) is -1.56. The molecule has 2 rings (SSSR count). The molecule has 0 aromatic carbocycles. The average Bonchev–Trinajstić information content (AvgIpc) is 3.09. The molecular weight excluding hydrogens is 636 g/mol. The van der Waals surface area contributed by atoms with Crippen molar-refractivity contribution in [2.75, 3.05) is 26.4 Å². The van der Waals surface area contributed by atoms with Crippen LogP contribution in [0, 0.1) is 11.8 Å². The summed E-state index contributed by atoms with van der Waals surface area (Å²) in [6, 6.07) is -0.921. The van der Waals surface area contributed by atoms with Crippen LogP contribution in [-0.2, 0) is 38.1 Å². The summed E-state index contributed by atoms with van der Waals surface area (Å²) in [6.07, 6.45) is 12.3. The second-order valence-electron chi connectivity index (χ2n) is 13.2. The lowest BCUT2D eigenvalue weighted by Crippen LogP contribution is -2.57. The van der Waals surface area contributed by atoms with E-state index in [1.165, 1.54) is 0 Å². The van der Waals surface area contributed by atoms with E-state index in [9.17, 15) is 28.8 Å². The molecule has 2 saturated carbocycles. The minimum Gasteiger partial charge on any atom is -0.460 e. The van der Waals surface area contributed by atoms with Gasteiger partial charge in [-0.2, -0.15) is 0 Å². The van der Waals surface area contributed by atoms with E-state index < -0.39 is 47.0 Å². The fourth-order valence-electron chi connectivity index (χ4n) is 5.93. The van der Waals surface area contributed by atoms with Crippen LogP contribution in [0.25, 0.3) is 0 Å². The molecule has 0 spiro atoms. The highest BCUT2D eigenvalue weighted by atomic mass is 16.6. The molecule has 4 amide bonds. The number of amides is 4. The number of esters is 4. The Morgan fingerprint density at radius 1 is 0.531 bits per heavy atom. The maximum atomic E-state index is 12.9. The number of hydrogen-bond acceptors (Lipinski definition) is 10. The van der Waals surface area contributed by atoms with Gasteiger partial charge in [-0.05, 0) is 83.5 Å². The zero-order valence-electron chi connectivity index (χ0n) is 28.7. The van der Waals surface area contributed by atoms with Gasteiger partial charge in [0.05, 0.1) is 0 Å². The van der Waals surface area contributed by atoms with Crippen molar-refractivity contribution >= 4 is 35.9 Å². The van der Waals surface area contributed by atoms with Crippen LogP contribution in [0.1, 0.15) is 71.6 Å². The summed E-state index contributed by atoms with van der Waals surface area (Å²) >= 11 is 0. The number of hydrogen-bond donors (Lipinski definition) is 4. The molecule has 0 radical (unpaired) electrons. The maximum Gasteiger partial charge on any atom is 0.330 e. The number of rotatable bonds is 18. The summed E-state index contributed by atoms with van der Waals surface area (Å²) in [4.78, 5) is 72.0. The highest BCUT2D eigenvalue weighted by molar-refractivity contribution is 5.83. The van der Waals surface area contributed by atoms with Crippen molar-refractivity contribution < 1.29 is 47.7 Å². The third-order valence-electron chi connectivity index (χ3n) is 8.66. The third kappa shape index (κ3) is 15.4. The average molecular weight is 689 g/mol. The zero-order valence-corrected chi connectivity index (χ0v) is 28.7. The lowest BCUT2D eigenvalue weighted by Gasteiger charge is -2.36. The number of carbonyl (C=O) groups is 6. The first-order valence-electron chi connectivity index (χ1n) is 16.6. The predicted molar refractivity (Wildman–Crippen MR) is 181 cm³/mol. The topological polar surface area (TPSA) is 187 Å². The summed E-state index contributed by atoms with van der Waals surface area (Å²) in [5.41, 5.74) is -2.32. The van der Waals surface area contributed by atoms with Gasteiger partial charge < -0.3 is 40.2 Å². The van der Waals surface area contributed by atoms with E-state index in [0.29, 0.717) is 11.8 Å². The minimum atomic E-state index is -1.16. The van der Waals surface area contributed by atoms with Gasteiger partial charge in [0.1, 0.15) is 37.5 Å². The molecule has 0 aromatic rings. The van der Waals surface area contributed by atoms with E-state index in [2.05, 4.69) is 47.6 Å². The smallest absolute Gasteiger partial charge is 0.330 e. The molecule has 4 N–H and O–H groups in total. The van der Waals surface area contributed by atoms with Gasteiger partial charge in [-0.25, -0.2) is 28.8 Å². The first-order chi connectivity index (χ1) is 23.2. The standard InChI is InChI=1S/C35H52N4O10/c1-7-28(40)46-20-34(5,21-47-29(41)8-2)38-32(44)36-26-15-11-24(12-16-26)19-25-13-17-27(18-14-25)37-33(45)39-35(6,22-48-30(42)9-3)23-49-31(43)10-4/h7-10,24-27H,1-4,11-23H2,5-6H3,(H2,36,38,44)(H2,37,39,45). The summed E-state index contributed by atoms with van der Waals surface area (Å²) in [5, 5.41) is 11.6. The van der Waals surface area contributed by atoms with Gasteiger partial charge in [-0.3, -0.25) is 0 Å². The van der Waals surface area contributed by atoms with Crippen LogP contribution in [-0.4, -0.2) is 85.5 Å². The Kier molecular flexibility index (Phi) is 16.6. The first kappa shape index (κ1) is 40.6. The Labute approximate surface area is 288 Å². The van der Waals surface area contributed by atoms with Crippen molar-refractivity contribution in [3.63, 3.8) is 0 Å². The summed E-state index contributed by atoms with van der Waals surface area (Å²) in [6.45, 7) is 15.8. The molecule has 0 saturated heterocycles. The lowest BCUT2D eigenvalue weighted by molar-refractivity contribution is -0.145. The van der Waals surface area contributed by atoms with Crippen LogP contribution >= 0.6 is 0 Å². The fraction of sp³-hybridized carbons (Fsp3) is 0.600. The molecule has 0 heterocycles. The van der Waals surface area contributed by atoms with E-state index in [4.69, 9.17) is 18.9 Å². The molecule has 272 valence electrons. The molecule has 2 aliphatic carbocycles. The van der Waals surface area contributed by atoms with Crippen LogP contribution in [0.3, 0.4) is 0 Å². The predicted octanol–water partition coefficient (Wildman–Crippen LogP) is 3.53. The van der Waals surface area contributed by atoms with Gasteiger partial charge in [-0.1, -0.05) is 26.3 Å². The number of carbonyl (C=O) groups excluding carboxylic acids is 6. The van der Waals surface area contributed by atoms with Crippen LogP contribution in [0.4, 0.5) is 9.59 Å². The van der Waals surface area contributed by atoms with Crippen molar-refractivity contribution in [2.24, 2.45) is 11.8 Å². The van der Waals surface area contributed by atoms with Gasteiger partial charge in [0.15, 0.2) is 0 Å². The Bertz CT molecular complexity index is 1080. The third-order valence-corrected chi connectivity index (χ3v) is 8.66. The Morgan fingerprint density at radius 2 is 0.796 bits per heavy atom.